The molecule has 0 radical (unpaired) electrons. The molecule has 1 N–H and O–H groups in total. The average Bonchev–Trinajstić information content (AvgIpc) is 3.67. The molecule has 2 fully saturated rings. The van der Waals surface area contributed by atoms with Gasteiger partial charge < -0.3 is 19.7 Å². The Kier molecular flexibility index (Phi) is 7.11. The van der Waals surface area contributed by atoms with Gasteiger partial charge in [-0.25, -0.2) is 9.59 Å². The number of methoxy groups -OCH3 is 1. The molecule has 2 atom stereocenters. The second-order valence-corrected chi connectivity index (χ2v) is 9.15. The third-order valence-electron chi connectivity index (χ3n) is 6.82. The van der Waals surface area contributed by atoms with Crippen molar-refractivity contribution in [3.63, 3.8) is 0 Å². The lowest BCUT2D eigenvalue weighted by Gasteiger charge is -2.42. The van der Waals surface area contributed by atoms with E-state index < -0.39 is 12.0 Å². The molecule has 1 aromatic carbocycles. The number of nitrogens with zero attached hydrogens (tertiary/aromatic N) is 3. The average molecular weight is 471 g/mol. The van der Waals surface area contributed by atoms with Gasteiger partial charge >= 0.3 is 12.0 Å². The van der Waals surface area contributed by atoms with E-state index in [9.17, 15) is 14.4 Å². The summed E-state index contributed by atoms with van der Waals surface area (Å²) in [6.07, 6.45) is 1.98. The lowest BCUT2D eigenvalue weighted by atomic mass is 9.93. The zero-order valence-electron chi connectivity index (χ0n) is 20.4. The van der Waals surface area contributed by atoms with E-state index in [0.717, 1.165) is 12.8 Å². The molecule has 3 aliphatic rings. The summed E-state index contributed by atoms with van der Waals surface area (Å²) in [5.74, 6) is 0.570. The number of para-hydroxylation sites is 1. The summed E-state index contributed by atoms with van der Waals surface area (Å²) in [5, 5.41) is 2.94. The lowest BCUT2D eigenvalue weighted by Crippen LogP contribution is -2.56. The van der Waals surface area contributed by atoms with Gasteiger partial charge in [-0.1, -0.05) is 18.2 Å². The molecule has 2 aliphatic heterocycles. The van der Waals surface area contributed by atoms with Gasteiger partial charge in [-0.05, 0) is 32.8 Å². The number of urea groups is 1. The minimum atomic E-state index is -0.691. The van der Waals surface area contributed by atoms with E-state index in [1.807, 2.05) is 23.1 Å². The Morgan fingerprint density at radius 1 is 1.18 bits per heavy atom. The first-order chi connectivity index (χ1) is 16.3. The van der Waals surface area contributed by atoms with Gasteiger partial charge in [0.25, 0.3) is 0 Å². The number of likely N-dealkylation sites (N-methyl/N-ethyl adjacent to an activating group) is 1. The van der Waals surface area contributed by atoms with Crippen molar-refractivity contribution >= 4 is 17.9 Å². The molecule has 34 heavy (non-hydrogen) atoms. The number of amides is 3. The highest BCUT2D eigenvalue weighted by Gasteiger charge is 2.40. The number of rotatable bonds is 7. The zero-order valence-corrected chi connectivity index (χ0v) is 20.4. The third-order valence-corrected chi connectivity index (χ3v) is 6.82. The first kappa shape index (κ1) is 24.1. The first-order valence-corrected chi connectivity index (χ1v) is 12.0. The molecule has 9 heteroatoms. The van der Waals surface area contributed by atoms with Crippen molar-refractivity contribution in [2.45, 2.75) is 38.8 Å². The van der Waals surface area contributed by atoms with Gasteiger partial charge in [-0.15, -0.1) is 0 Å². The molecule has 1 aromatic rings. The van der Waals surface area contributed by atoms with Crippen LogP contribution in [0, 0.1) is 5.92 Å². The molecule has 0 bridgehead atoms. The Balaban J connectivity index is 1.65. The van der Waals surface area contributed by atoms with Crippen LogP contribution in [-0.4, -0.2) is 85.6 Å². The van der Waals surface area contributed by atoms with Crippen LogP contribution in [0.1, 0.15) is 38.3 Å². The summed E-state index contributed by atoms with van der Waals surface area (Å²) in [5.41, 5.74) is 1.70. The van der Waals surface area contributed by atoms with E-state index in [-0.39, 0.29) is 30.5 Å². The van der Waals surface area contributed by atoms with E-state index in [1.165, 1.54) is 4.90 Å². The van der Waals surface area contributed by atoms with Gasteiger partial charge in [-0.2, -0.15) is 0 Å². The maximum atomic E-state index is 13.2. The molecule has 1 aliphatic carbocycles. The number of carbonyl (C=O) groups is 3. The SMILES string of the molecule is CCOC(=O)C1=C(CN2CCN(C(=O)C3CC3)[C@@H](C)C2)N(C)C(=O)N[C@@H]1c1ccccc1OC. The van der Waals surface area contributed by atoms with E-state index in [1.54, 1.807) is 27.1 Å². The molecular weight excluding hydrogens is 436 g/mol. The predicted molar refractivity (Wildman–Crippen MR) is 126 cm³/mol. The summed E-state index contributed by atoms with van der Waals surface area (Å²) in [6, 6.07) is 6.43. The topological polar surface area (TPSA) is 91.4 Å². The van der Waals surface area contributed by atoms with Gasteiger partial charge in [0.1, 0.15) is 5.75 Å². The second kappa shape index (κ2) is 10.0. The van der Waals surface area contributed by atoms with Crippen molar-refractivity contribution in [2.24, 2.45) is 5.92 Å². The van der Waals surface area contributed by atoms with Gasteiger partial charge in [0.2, 0.25) is 5.91 Å². The minimum Gasteiger partial charge on any atom is -0.496 e. The largest absolute Gasteiger partial charge is 0.496 e. The van der Waals surface area contributed by atoms with Crippen molar-refractivity contribution in [3.8, 4) is 5.75 Å². The standard InChI is InChI=1S/C25H34N4O5/c1-5-34-24(31)21-19(15-28-12-13-29(16(2)14-28)23(30)17-10-11-17)27(3)25(32)26-22(21)18-8-6-7-9-20(18)33-4/h6-9,16-17,22H,5,10-15H2,1-4H3,(H,26,32)/t16-,22+/m0/s1. The monoisotopic (exact) mass is 470 g/mol. The van der Waals surface area contributed by atoms with Crippen LogP contribution in [0.2, 0.25) is 0 Å². The molecule has 1 saturated carbocycles. The number of carbonyl (C=O) groups excluding carboxylic acids is 3. The van der Waals surface area contributed by atoms with E-state index in [2.05, 4.69) is 17.1 Å². The van der Waals surface area contributed by atoms with Gasteiger partial charge in [0.15, 0.2) is 0 Å². The fourth-order valence-corrected chi connectivity index (χ4v) is 4.82. The molecular formula is C25H34N4O5. The maximum Gasteiger partial charge on any atom is 0.338 e. The van der Waals surface area contributed by atoms with Crippen LogP contribution in [0.4, 0.5) is 4.79 Å². The highest BCUT2D eigenvalue weighted by atomic mass is 16.5. The Morgan fingerprint density at radius 2 is 1.91 bits per heavy atom. The number of nitrogens with one attached hydrogen (secondary N) is 1. The summed E-state index contributed by atoms with van der Waals surface area (Å²) in [7, 11) is 3.23. The van der Waals surface area contributed by atoms with Crippen LogP contribution in [0.3, 0.4) is 0 Å². The van der Waals surface area contributed by atoms with Gasteiger partial charge in [-0.3, -0.25) is 14.6 Å². The molecule has 9 nitrogen and oxygen atoms in total. The van der Waals surface area contributed by atoms with E-state index in [4.69, 9.17) is 9.47 Å². The number of esters is 1. The van der Waals surface area contributed by atoms with Crippen molar-refractivity contribution in [1.82, 2.24) is 20.0 Å². The molecule has 4 rings (SSSR count). The third kappa shape index (κ3) is 4.75. The first-order valence-electron chi connectivity index (χ1n) is 12.0. The van der Waals surface area contributed by atoms with Crippen LogP contribution < -0.4 is 10.1 Å². The van der Waals surface area contributed by atoms with Crippen molar-refractivity contribution in [1.29, 1.82) is 0 Å². The highest BCUT2D eigenvalue weighted by molar-refractivity contribution is 5.95. The fourth-order valence-electron chi connectivity index (χ4n) is 4.82. The predicted octanol–water partition coefficient (Wildman–Crippen LogP) is 2.15. The van der Waals surface area contributed by atoms with Crippen molar-refractivity contribution in [2.75, 3.05) is 46.9 Å². The van der Waals surface area contributed by atoms with E-state index in [0.29, 0.717) is 48.8 Å². The molecule has 3 amide bonds. The Hall–Kier alpha value is -3.07. The van der Waals surface area contributed by atoms with Crippen LogP contribution in [0.25, 0.3) is 0 Å². The van der Waals surface area contributed by atoms with Crippen LogP contribution in [0.5, 0.6) is 5.75 Å². The zero-order chi connectivity index (χ0) is 24.4. The fraction of sp³-hybridized carbons (Fsp3) is 0.560. The van der Waals surface area contributed by atoms with Gasteiger partial charge in [0.05, 0.1) is 25.3 Å². The number of hydrogen-bond donors (Lipinski definition) is 1. The van der Waals surface area contributed by atoms with Crippen LogP contribution in [0.15, 0.2) is 35.5 Å². The van der Waals surface area contributed by atoms with Crippen LogP contribution in [-0.2, 0) is 14.3 Å². The van der Waals surface area contributed by atoms with Gasteiger partial charge in [0, 0.05) is 56.4 Å². The lowest BCUT2D eigenvalue weighted by molar-refractivity contribution is -0.139. The summed E-state index contributed by atoms with van der Waals surface area (Å²) >= 11 is 0. The van der Waals surface area contributed by atoms with Crippen molar-refractivity contribution < 1.29 is 23.9 Å². The minimum absolute atomic E-state index is 0.0706. The second-order valence-electron chi connectivity index (χ2n) is 9.15. The molecule has 0 aromatic heterocycles. The summed E-state index contributed by atoms with van der Waals surface area (Å²) in [4.78, 5) is 44.4. The molecule has 1 saturated heterocycles. The molecule has 0 spiro atoms. The Morgan fingerprint density at radius 3 is 2.56 bits per heavy atom. The van der Waals surface area contributed by atoms with Crippen molar-refractivity contribution in [3.05, 3.63) is 41.1 Å². The number of ether oxygens (including phenoxy) is 2. The van der Waals surface area contributed by atoms with E-state index >= 15 is 0 Å². The van der Waals surface area contributed by atoms with Crippen LogP contribution >= 0.6 is 0 Å². The Bertz CT molecular complexity index is 989. The summed E-state index contributed by atoms with van der Waals surface area (Å²) in [6.45, 7) is 6.44. The Labute approximate surface area is 200 Å². The highest BCUT2D eigenvalue weighted by Crippen LogP contribution is 2.36. The number of hydrogen-bond acceptors (Lipinski definition) is 6. The molecule has 184 valence electrons. The number of piperazine rings is 1. The quantitative estimate of drug-likeness (QED) is 0.614. The smallest absolute Gasteiger partial charge is 0.338 e. The molecule has 0 unspecified atom stereocenters. The normalized spacial score (nSPS) is 23.6. The molecule has 2 heterocycles. The summed E-state index contributed by atoms with van der Waals surface area (Å²) < 4.78 is 10.9. The maximum absolute atomic E-state index is 13.2. The number of benzene rings is 1.